The molecule has 0 bridgehead atoms. The number of aliphatic hydroxyl groups excluding tert-OH is 1. The number of nitrogens with zero attached hydrogens (tertiary/aromatic N) is 1. The summed E-state index contributed by atoms with van der Waals surface area (Å²) in [6.07, 6.45) is -1.69. The third-order valence-electron chi connectivity index (χ3n) is 7.27. The van der Waals surface area contributed by atoms with Gasteiger partial charge in [-0.25, -0.2) is 4.98 Å². The van der Waals surface area contributed by atoms with E-state index < -0.39 is 6.10 Å². The van der Waals surface area contributed by atoms with E-state index in [2.05, 4.69) is 29.2 Å². The standard InChI is InChI=1S/C31H25ClN2O4/c32-22-15-23-28(34-27(22)21-13-11-19(12-14-21)18-7-3-1-4-8-18)26(20-9-5-2-6-10-20)31(33-23)38-25-17-37-29-24(35)16-36-30(25)29/h1-15,24-25,29-30,33,35H,16-17H2/t24-,25-,29?,30-/m1/s1. The first kappa shape index (κ1) is 23.4. The lowest BCUT2D eigenvalue weighted by Gasteiger charge is -2.18. The third-order valence-corrected chi connectivity index (χ3v) is 7.56. The zero-order valence-corrected chi connectivity index (χ0v) is 21.1. The fourth-order valence-corrected chi connectivity index (χ4v) is 5.64. The van der Waals surface area contributed by atoms with Gasteiger partial charge in [0.15, 0.2) is 6.10 Å². The number of nitrogens with one attached hydrogen (secondary N) is 1. The van der Waals surface area contributed by atoms with Crippen molar-refractivity contribution in [1.82, 2.24) is 9.97 Å². The number of benzene rings is 3. The van der Waals surface area contributed by atoms with Crippen LogP contribution in [0.1, 0.15) is 0 Å². The number of H-pyrrole nitrogens is 1. The van der Waals surface area contributed by atoms with Gasteiger partial charge in [-0.2, -0.15) is 0 Å². The van der Waals surface area contributed by atoms with Crippen molar-refractivity contribution in [2.24, 2.45) is 0 Å². The van der Waals surface area contributed by atoms with Crippen LogP contribution in [-0.4, -0.2) is 52.7 Å². The molecule has 7 heteroatoms. The highest BCUT2D eigenvalue weighted by atomic mass is 35.5. The Balaban J connectivity index is 1.30. The van der Waals surface area contributed by atoms with Crippen LogP contribution in [0.4, 0.5) is 0 Å². The number of rotatable bonds is 5. The van der Waals surface area contributed by atoms with E-state index >= 15 is 0 Å². The number of halogens is 1. The summed E-state index contributed by atoms with van der Waals surface area (Å²) in [6, 6.07) is 30.4. The second-order valence-corrected chi connectivity index (χ2v) is 10.1. The molecule has 0 spiro atoms. The van der Waals surface area contributed by atoms with Gasteiger partial charge in [0, 0.05) is 5.56 Å². The van der Waals surface area contributed by atoms with Crippen molar-refractivity contribution in [3.8, 4) is 39.4 Å². The predicted octanol–water partition coefficient (Wildman–Crippen LogP) is 6.12. The van der Waals surface area contributed by atoms with E-state index in [4.69, 9.17) is 30.8 Å². The zero-order valence-electron chi connectivity index (χ0n) is 20.4. The van der Waals surface area contributed by atoms with E-state index in [0.29, 0.717) is 23.2 Å². The normalized spacial score (nSPS) is 22.6. The average molecular weight is 525 g/mol. The largest absolute Gasteiger partial charge is 0.470 e. The smallest absolute Gasteiger partial charge is 0.202 e. The van der Waals surface area contributed by atoms with Crippen molar-refractivity contribution in [2.75, 3.05) is 13.2 Å². The van der Waals surface area contributed by atoms with Gasteiger partial charge >= 0.3 is 0 Å². The summed E-state index contributed by atoms with van der Waals surface area (Å²) < 4.78 is 18.0. The van der Waals surface area contributed by atoms with Crippen molar-refractivity contribution in [1.29, 1.82) is 0 Å². The average Bonchev–Trinajstić information content (AvgIpc) is 3.64. The minimum absolute atomic E-state index is 0.247. The molecule has 0 amide bonds. The van der Waals surface area contributed by atoms with Gasteiger partial charge in [-0.05, 0) is 22.8 Å². The van der Waals surface area contributed by atoms with Crippen molar-refractivity contribution in [3.63, 3.8) is 0 Å². The number of fused-ring (bicyclic) bond motifs is 2. The number of ether oxygens (including phenoxy) is 3. The van der Waals surface area contributed by atoms with E-state index in [9.17, 15) is 5.11 Å². The quantitative estimate of drug-likeness (QED) is 0.289. The number of aromatic nitrogens is 2. The molecule has 0 radical (unpaired) electrons. The Hall–Kier alpha value is -3.68. The lowest BCUT2D eigenvalue weighted by atomic mass is 10.0. The van der Waals surface area contributed by atoms with Crippen LogP contribution in [0.15, 0.2) is 91.0 Å². The van der Waals surface area contributed by atoms with Gasteiger partial charge < -0.3 is 24.3 Å². The molecule has 2 aromatic heterocycles. The van der Waals surface area contributed by atoms with Gasteiger partial charge in [-0.15, -0.1) is 0 Å². The minimum atomic E-state index is -0.638. The molecule has 2 fully saturated rings. The highest BCUT2D eigenvalue weighted by Gasteiger charge is 2.48. The summed E-state index contributed by atoms with van der Waals surface area (Å²) in [4.78, 5) is 8.44. The minimum Gasteiger partial charge on any atom is -0.470 e. The molecule has 7 rings (SSSR count). The first-order valence-corrected chi connectivity index (χ1v) is 13.0. The van der Waals surface area contributed by atoms with Crippen molar-refractivity contribution >= 4 is 22.6 Å². The molecule has 0 saturated carbocycles. The Bertz CT molecular complexity index is 1590. The first-order valence-electron chi connectivity index (χ1n) is 12.7. The lowest BCUT2D eigenvalue weighted by molar-refractivity contribution is 0.00805. The molecular weight excluding hydrogens is 500 g/mol. The molecular formula is C31H25ClN2O4. The van der Waals surface area contributed by atoms with Crippen LogP contribution in [0.2, 0.25) is 5.02 Å². The lowest BCUT2D eigenvalue weighted by Crippen LogP contribution is -2.34. The summed E-state index contributed by atoms with van der Waals surface area (Å²) in [5, 5.41) is 10.7. The molecule has 3 aromatic carbocycles. The van der Waals surface area contributed by atoms with Gasteiger partial charge in [0.05, 0.1) is 35.0 Å². The molecule has 4 heterocycles. The second-order valence-electron chi connectivity index (χ2n) is 9.67. The van der Waals surface area contributed by atoms with Crippen molar-refractivity contribution in [2.45, 2.75) is 24.4 Å². The van der Waals surface area contributed by atoms with Crippen molar-refractivity contribution < 1.29 is 19.3 Å². The molecule has 1 unspecified atom stereocenters. The SMILES string of the molecule is O[C@@H]1CO[C@H]2C1OC[C@H]2Oc1[nH]c2cc(Cl)c(-c3ccc(-c4ccccc4)cc3)nc2c1-c1ccccc1. The van der Waals surface area contributed by atoms with Gasteiger partial charge in [0.2, 0.25) is 5.88 Å². The summed E-state index contributed by atoms with van der Waals surface area (Å²) in [5.74, 6) is 0.575. The van der Waals surface area contributed by atoms with Crippen LogP contribution in [0.3, 0.4) is 0 Å². The maximum Gasteiger partial charge on any atom is 0.202 e. The van der Waals surface area contributed by atoms with E-state index in [1.165, 1.54) is 0 Å². The summed E-state index contributed by atoms with van der Waals surface area (Å²) in [6.45, 7) is 0.584. The number of hydrogen-bond donors (Lipinski definition) is 2. The van der Waals surface area contributed by atoms with Crippen molar-refractivity contribution in [3.05, 3.63) is 96.0 Å². The molecule has 6 nitrogen and oxygen atoms in total. The topological polar surface area (TPSA) is 76.6 Å². The highest BCUT2D eigenvalue weighted by Crippen LogP contribution is 2.41. The van der Waals surface area contributed by atoms with Crippen LogP contribution < -0.4 is 4.74 Å². The zero-order chi connectivity index (χ0) is 25.6. The summed E-state index contributed by atoms with van der Waals surface area (Å²) in [5.41, 5.74) is 7.28. The van der Waals surface area contributed by atoms with Crippen LogP contribution in [0, 0.1) is 0 Å². The third kappa shape index (κ3) is 4.06. The Labute approximate surface area is 224 Å². The van der Waals surface area contributed by atoms with Crippen LogP contribution in [-0.2, 0) is 9.47 Å². The summed E-state index contributed by atoms with van der Waals surface area (Å²) in [7, 11) is 0. The molecule has 190 valence electrons. The number of hydrogen-bond acceptors (Lipinski definition) is 5. The number of pyridine rings is 1. The predicted molar refractivity (Wildman–Crippen MR) is 147 cm³/mol. The molecule has 4 atom stereocenters. The van der Waals surface area contributed by atoms with Gasteiger partial charge in [0.1, 0.15) is 23.8 Å². The molecule has 2 aliphatic heterocycles. The monoisotopic (exact) mass is 524 g/mol. The Morgan fingerprint density at radius 3 is 2.16 bits per heavy atom. The maximum atomic E-state index is 10.1. The first-order chi connectivity index (χ1) is 18.7. The van der Waals surface area contributed by atoms with E-state index in [1.54, 1.807) is 0 Å². The highest BCUT2D eigenvalue weighted by molar-refractivity contribution is 6.33. The van der Waals surface area contributed by atoms with Crippen LogP contribution in [0.25, 0.3) is 44.5 Å². The van der Waals surface area contributed by atoms with E-state index in [-0.39, 0.29) is 24.9 Å². The fourth-order valence-electron chi connectivity index (χ4n) is 5.38. The van der Waals surface area contributed by atoms with Gasteiger partial charge in [0.25, 0.3) is 0 Å². The molecule has 2 saturated heterocycles. The Morgan fingerprint density at radius 2 is 1.42 bits per heavy atom. The molecule has 0 aliphatic carbocycles. The number of aromatic amines is 1. The Morgan fingerprint density at radius 1 is 0.789 bits per heavy atom. The maximum absolute atomic E-state index is 10.1. The Kier molecular flexibility index (Phi) is 5.90. The fraction of sp³-hybridized carbons (Fsp3) is 0.194. The van der Waals surface area contributed by atoms with Gasteiger partial charge in [-0.1, -0.05) is 96.5 Å². The van der Waals surface area contributed by atoms with Crippen LogP contribution >= 0.6 is 11.6 Å². The van der Waals surface area contributed by atoms with Gasteiger partial charge in [-0.3, -0.25) is 0 Å². The number of aliphatic hydroxyl groups is 1. The molecule has 5 aromatic rings. The van der Waals surface area contributed by atoms with E-state index in [0.717, 1.165) is 38.9 Å². The second kappa shape index (κ2) is 9.57. The summed E-state index contributed by atoms with van der Waals surface area (Å²) >= 11 is 6.77. The van der Waals surface area contributed by atoms with Crippen LogP contribution in [0.5, 0.6) is 5.88 Å². The molecule has 2 N–H and O–H groups in total. The molecule has 2 aliphatic rings. The molecule has 38 heavy (non-hydrogen) atoms. The van der Waals surface area contributed by atoms with E-state index in [1.807, 2.05) is 66.7 Å².